The van der Waals surface area contributed by atoms with Crippen LogP contribution in [0.2, 0.25) is 0 Å². The summed E-state index contributed by atoms with van der Waals surface area (Å²) in [6, 6.07) is 10.7. The van der Waals surface area contributed by atoms with Crippen LogP contribution in [0.1, 0.15) is 12.5 Å². The molecule has 0 spiro atoms. The molecule has 0 fully saturated rings. The number of nitrogens with one attached hydrogen (secondary N) is 1. The first-order valence-corrected chi connectivity index (χ1v) is 6.56. The minimum Gasteiger partial charge on any atom is -0.483 e. The van der Waals surface area contributed by atoms with E-state index in [0.717, 1.165) is 24.1 Å². The molecule has 0 unspecified atom stereocenters. The maximum atomic E-state index is 13.4. The van der Waals surface area contributed by atoms with Crippen molar-refractivity contribution in [3.63, 3.8) is 0 Å². The number of hydrogen-bond donors (Lipinski definition) is 1. The standard InChI is InChI=1S/C16H15F2NO2/c1-2-11-6-3-4-9-14(11)21-10-15(20)19-16-12(17)7-5-8-13(16)18/h3-9H,2,10H2,1H3,(H,19,20). The molecule has 3 nitrogen and oxygen atoms in total. The van der Waals surface area contributed by atoms with Gasteiger partial charge in [0, 0.05) is 0 Å². The molecule has 1 amide bonds. The second-order valence-corrected chi connectivity index (χ2v) is 4.39. The summed E-state index contributed by atoms with van der Waals surface area (Å²) in [5.74, 6) is -1.68. The van der Waals surface area contributed by atoms with E-state index in [-0.39, 0.29) is 6.61 Å². The van der Waals surface area contributed by atoms with Gasteiger partial charge in [-0.25, -0.2) is 8.78 Å². The number of rotatable bonds is 5. The first-order chi connectivity index (χ1) is 10.1. The quantitative estimate of drug-likeness (QED) is 0.915. The van der Waals surface area contributed by atoms with Crippen LogP contribution in [0.15, 0.2) is 42.5 Å². The minimum absolute atomic E-state index is 0.315. The Balaban J connectivity index is 1.99. The van der Waals surface area contributed by atoms with Gasteiger partial charge >= 0.3 is 0 Å². The molecule has 0 aliphatic carbocycles. The van der Waals surface area contributed by atoms with Gasteiger partial charge in [-0.1, -0.05) is 31.2 Å². The van der Waals surface area contributed by atoms with Crippen molar-refractivity contribution in [2.75, 3.05) is 11.9 Å². The summed E-state index contributed by atoms with van der Waals surface area (Å²) in [4.78, 5) is 11.7. The van der Waals surface area contributed by atoms with E-state index in [2.05, 4.69) is 5.32 Å². The third-order valence-corrected chi connectivity index (χ3v) is 2.94. The summed E-state index contributed by atoms with van der Waals surface area (Å²) in [5.41, 5.74) is 0.497. The maximum Gasteiger partial charge on any atom is 0.262 e. The fourth-order valence-electron chi connectivity index (χ4n) is 1.87. The lowest BCUT2D eigenvalue weighted by Gasteiger charge is -2.11. The molecule has 2 aromatic rings. The lowest BCUT2D eigenvalue weighted by Crippen LogP contribution is -2.21. The summed E-state index contributed by atoms with van der Waals surface area (Å²) < 4.78 is 32.2. The molecule has 0 aromatic heterocycles. The molecule has 21 heavy (non-hydrogen) atoms. The van der Waals surface area contributed by atoms with Gasteiger partial charge in [-0.15, -0.1) is 0 Å². The average Bonchev–Trinajstić information content (AvgIpc) is 2.49. The highest BCUT2D eigenvalue weighted by atomic mass is 19.1. The molecule has 0 atom stereocenters. The second kappa shape index (κ2) is 6.83. The van der Waals surface area contributed by atoms with Crippen LogP contribution in [-0.4, -0.2) is 12.5 Å². The molecule has 5 heteroatoms. The van der Waals surface area contributed by atoms with Crippen molar-refractivity contribution in [1.82, 2.24) is 0 Å². The first kappa shape index (κ1) is 15.0. The molecule has 0 radical (unpaired) electrons. The number of carbonyl (C=O) groups is 1. The van der Waals surface area contributed by atoms with E-state index in [1.165, 1.54) is 6.07 Å². The molecule has 1 N–H and O–H groups in total. The van der Waals surface area contributed by atoms with Crippen molar-refractivity contribution < 1.29 is 18.3 Å². The molecule has 0 aliphatic rings. The molecule has 0 heterocycles. The number of carbonyl (C=O) groups excluding carboxylic acids is 1. The Kier molecular flexibility index (Phi) is 4.87. The fourth-order valence-corrected chi connectivity index (χ4v) is 1.87. The van der Waals surface area contributed by atoms with Gasteiger partial charge in [0.25, 0.3) is 5.91 Å². The molecule has 0 bridgehead atoms. The zero-order valence-electron chi connectivity index (χ0n) is 11.5. The Hall–Kier alpha value is -2.43. The Morgan fingerprint density at radius 1 is 1.10 bits per heavy atom. The largest absolute Gasteiger partial charge is 0.483 e. The molecule has 0 saturated carbocycles. The van der Waals surface area contributed by atoms with E-state index in [0.29, 0.717) is 5.75 Å². The highest BCUT2D eigenvalue weighted by molar-refractivity contribution is 5.92. The topological polar surface area (TPSA) is 38.3 Å². The van der Waals surface area contributed by atoms with E-state index in [1.807, 2.05) is 19.1 Å². The summed E-state index contributed by atoms with van der Waals surface area (Å²) in [6.07, 6.45) is 0.764. The summed E-state index contributed by atoms with van der Waals surface area (Å²) in [7, 11) is 0. The van der Waals surface area contributed by atoms with E-state index in [1.54, 1.807) is 12.1 Å². The number of amides is 1. The van der Waals surface area contributed by atoms with Crippen LogP contribution in [0.4, 0.5) is 14.5 Å². The molecular weight excluding hydrogens is 276 g/mol. The van der Waals surface area contributed by atoms with Crippen molar-refractivity contribution in [1.29, 1.82) is 0 Å². The monoisotopic (exact) mass is 291 g/mol. The van der Waals surface area contributed by atoms with E-state index in [9.17, 15) is 13.6 Å². The van der Waals surface area contributed by atoms with Gasteiger partial charge in [-0.2, -0.15) is 0 Å². The second-order valence-electron chi connectivity index (χ2n) is 4.39. The van der Waals surface area contributed by atoms with Crippen LogP contribution in [0.5, 0.6) is 5.75 Å². The van der Waals surface area contributed by atoms with Gasteiger partial charge < -0.3 is 10.1 Å². The number of hydrogen-bond acceptors (Lipinski definition) is 2. The van der Waals surface area contributed by atoms with Crippen LogP contribution < -0.4 is 10.1 Å². The van der Waals surface area contributed by atoms with E-state index in [4.69, 9.17) is 4.74 Å². The van der Waals surface area contributed by atoms with Crippen molar-refractivity contribution in [3.8, 4) is 5.75 Å². The van der Waals surface area contributed by atoms with Gasteiger partial charge in [-0.05, 0) is 30.2 Å². The highest BCUT2D eigenvalue weighted by Crippen LogP contribution is 2.19. The average molecular weight is 291 g/mol. The van der Waals surface area contributed by atoms with Crippen LogP contribution in [0.25, 0.3) is 0 Å². The number of aryl methyl sites for hydroxylation is 1. The third kappa shape index (κ3) is 3.78. The Labute approximate surface area is 121 Å². The van der Waals surface area contributed by atoms with Crippen molar-refractivity contribution in [2.45, 2.75) is 13.3 Å². The Bertz CT molecular complexity index is 624. The summed E-state index contributed by atoms with van der Waals surface area (Å²) in [5, 5.41) is 2.17. The number of benzene rings is 2. The summed E-state index contributed by atoms with van der Waals surface area (Å²) >= 11 is 0. The molecule has 2 aromatic carbocycles. The lowest BCUT2D eigenvalue weighted by molar-refractivity contribution is -0.118. The highest BCUT2D eigenvalue weighted by Gasteiger charge is 2.12. The fraction of sp³-hybridized carbons (Fsp3) is 0.188. The van der Waals surface area contributed by atoms with Crippen LogP contribution >= 0.6 is 0 Å². The van der Waals surface area contributed by atoms with Gasteiger partial charge in [0.1, 0.15) is 23.1 Å². The number of ether oxygens (including phenoxy) is 1. The lowest BCUT2D eigenvalue weighted by atomic mass is 10.1. The van der Waals surface area contributed by atoms with Crippen molar-refractivity contribution in [3.05, 3.63) is 59.7 Å². The van der Waals surface area contributed by atoms with E-state index < -0.39 is 23.2 Å². The third-order valence-electron chi connectivity index (χ3n) is 2.94. The number of para-hydroxylation sites is 2. The zero-order valence-corrected chi connectivity index (χ0v) is 11.5. The number of halogens is 2. The Morgan fingerprint density at radius 2 is 1.76 bits per heavy atom. The normalized spacial score (nSPS) is 10.2. The molecule has 110 valence electrons. The van der Waals surface area contributed by atoms with Crippen LogP contribution in [-0.2, 0) is 11.2 Å². The predicted octanol–water partition coefficient (Wildman–Crippen LogP) is 3.54. The van der Waals surface area contributed by atoms with Crippen LogP contribution in [0, 0.1) is 11.6 Å². The molecule has 0 saturated heterocycles. The number of anilines is 1. The SMILES string of the molecule is CCc1ccccc1OCC(=O)Nc1c(F)cccc1F. The molecule has 2 rings (SSSR count). The van der Waals surface area contributed by atoms with Crippen LogP contribution in [0.3, 0.4) is 0 Å². The minimum atomic E-state index is -0.822. The van der Waals surface area contributed by atoms with Gasteiger partial charge in [0.2, 0.25) is 0 Å². The molecule has 0 aliphatic heterocycles. The van der Waals surface area contributed by atoms with Gasteiger partial charge in [0.15, 0.2) is 6.61 Å². The summed E-state index contributed by atoms with van der Waals surface area (Å²) in [6.45, 7) is 1.65. The van der Waals surface area contributed by atoms with Crippen molar-refractivity contribution in [2.24, 2.45) is 0 Å². The van der Waals surface area contributed by atoms with Gasteiger partial charge in [0.05, 0.1) is 0 Å². The first-order valence-electron chi connectivity index (χ1n) is 6.56. The zero-order chi connectivity index (χ0) is 15.2. The van der Waals surface area contributed by atoms with E-state index >= 15 is 0 Å². The maximum absolute atomic E-state index is 13.4. The molecular formula is C16H15F2NO2. The smallest absolute Gasteiger partial charge is 0.262 e. The predicted molar refractivity (Wildman–Crippen MR) is 76.3 cm³/mol. The Morgan fingerprint density at radius 3 is 2.43 bits per heavy atom. The van der Waals surface area contributed by atoms with Crippen molar-refractivity contribution >= 4 is 11.6 Å². The van der Waals surface area contributed by atoms with Gasteiger partial charge in [-0.3, -0.25) is 4.79 Å².